The zero-order valence-corrected chi connectivity index (χ0v) is 13.1. The molecule has 2 aromatic rings. The lowest BCUT2D eigenvalue weighted by atomic mass is 10.1. The fourth-order valence-electron chi connectivity index (χ4n) is 2.15. The molecule has 0 saturated carbocycles. The summed E-state index contributed by atoms with van der Waals surface area (Å²) in [6.07, 6.45) is 0.0972. The summed E-state index contributed by atoms with van der Waals surface area (Å²) in [6, 6.07) is 6.28. The van der Waals surface area contributed by atoms with E-state index in [9.17, 15) is 0 Å². The minimum atomic E-state index is 0.0972. The van der Waals surface area contributed by atoms with Gasteiger partial charge in [-0.1, -0.05) is 22.0 Å². The van der Waals surface area contributed by atoms with Gasteiger partial charge in [-0.2, -0.15) is 0 Å². The number of aryl methyl sites for hydroxylation is 1. The Hall–Kier alpha value is -0.750. The Kier molecular flexibility index (Phi) is 3.98. The van der Waals surface area contributed by atoms with Gasteiger partial charge in [0.05, 0.1) is 12.3 Å². The Bertz CT molecular complexity index is 579. The van der Waals surface area contributed by atoms with Crippen LogP contribution >= 0.6 is 27.3 Å². The summed E-state index contributed by atoms with van der Waals surface area (Å²) in [5.74, 6) is 0. The van der Waals surface area contributed by atoms with E-state index < -0.39 is 0 Å². The van der Waals surface area contributed by atoms with Gasteiger partial charge in [-0.25, -0.2) is 4.98 Å². The molecule has 2 heterocycles. The Labute approximate surface area is 125 Å². The van der Waals surface area contributed by atoms with E-state index in [2.05, 4.69) is 51.7 Å². The first-order valence-electron chi connectivity index (χ1n) is 6.28. The molecule has 1 saturated heterocycles. The standard InChI is InChI=1S/C14H15BrN2OS/c1-9-2-3-10(15)6-11(9)12-8-19-14(17-12)13-7-16-4-5-18-13/h2-3,6,8,13,16H,4-5,7H2,1H3. The van der Waals surface area contributed by atoms with Crippen molar-refractivity contribution < 1.29 is 4.74 Å². The first kappa shape index (κ1) is 13.2. The lowest BCUT2D eigenvalue weighted by molar-refractivity contribution is 0.0276. The van der Waals surface area contributed by atoms with Gasteiger partial charge in [0.15, 0.2) is 0 Å². The van der Waals surface area contributed by atoms with E-state index in [4.69, 9.17) is 9.72 Å². The minimum Gasteiger partial charge on any atom is -0.368 e. The third-order valence-electron chi connectivity index (χ3n) is 3.20. The molecule has 1 aromatic carbocycles. The highest BCUT2D eigenvalue weighted by molar-refractivity contribution is 9.10. The fraction of sp³-hybridized carbons (Fsp3) is 0.357. The normalized spacial score (nSPS) is 19.6. The summed E-state index contributed by atoms with van der Waals surface area (Å²) >= 11 is 5.19. The molecule has 1 aliphatic heterocycles. The van der Waals surface area contributed by atoms with Crippen molar-refractivity contribution in [3.8, 4) is 11.3 Å². The average Bonchev–Trinajstić information content (AvgIpc) is 2.92. The molecule has 1 aromatic heterocycles. The van der Waals surface area contributed by atoms with E-state index in [1.54, 1.807) is 11.3 Å². The number of morpholine rings is 1. The second-order valence-corrected chi connectivity index (χ2v) is 6.40. The quantitative estimate of drug-likeness (QED) is 0.909. The SMILES string of the molecule is Cc1ccc(Br)cc1-c1csc(C2CNCCO2)n1. The van der Waals surface area contributed by atoms with E-state index in [-0.39, 0.29) is 6.10 Å². The van der Waals surface area contributed by atoms with Gasteiger partial charge in [0.25, 0.3) is 0 Å². The summed E-state index contributed by atoms with van der Waals surface area (Å²) < 4.78 is 6.83. The largest absolute Gasteiger partial charge is 0.368 e. The molecule has 0 radical (unpaired) electrons. The molecule has 1 N–H and O–H groups in total. The maximum absolute atomic E-state index is 5.74. The van der Waals surface area contributed by atoms with E-state index >= 15 is 0 Å². The van der Waals surface area contributed by atoms with Gasteiger partial charge >= 0.3 is 0 Å². The molecule has 1 aliphatic rings. The summed E-state index contributed by atoms with van der Waals surface area (Å²) in [7, 11) is 0. The number of nitrogens with zero attached hydrogens (tertiary/aromatic N) is 1. The molecule has 100 valence electrons. The number of hydrogen-bond donors (Lipinski definition) is 1. The predicted molar refractivity (Wildman–Crippen MR) is 81.5 cm³/mol. The molecule has 0 bridgehead atoms. The molecule has 19 heavy (non-hydrogen) atoms. The Morgan fingerprint density at radius 3 is 3.16 bits per heavy atom. The minimum absolute atomic E-state index is 0.0972. The molecule has 5 heteroatoms. The van der Waals surface area contributed by atoms with Gasteiger partial charge < -0.3 is 10.1 Å². The predicted octanol–water partition coefficient (Wildman–Crippen LogP) is 3.54. The van der Waals surface area contributed by atoms with Crippen molar-refractivity contribution in [2.24, 2.45) is 0 Å². The number of halogens is 1. The van der Waals surface area contributed by atoms with Crippen LogP contribution < -0.4 is 5.32 Å². The molecule has 1 atom stereocenters. The zero-order chi connectivity index (χ0) is 13.2. The van der Waals surface area contributed by atoms with Crippen LogP contribution in [0.5, 0.6) is 0 Å². The first-order chi connectivity index (χ1) is 9.24. The van der Waals surface area contributed by atoms with Crippen molar-refractivity contribution in [2.45, 2.75) is 13.0 Å². The van der Waals surface area contributed by atoms with Crippen LogP contribution in [0.4, 0.5) is 0 Å². The Balaban J connectivity index is 1.89. The summed E-state index contributed by atoms with van der Waals surface area (Å²) in [6.45, 7) is 4.65. The van der Waals surface area contributed by atoms with Crippen LogP contribution in [0.3, 0.4) is 0 Å². The van der Waals surface area contributed by atoms with Crippen LogP contribution in [0, 0.1) is 6.92 Å². The van der Waals surface area contributed by atoms with Crippen molar-refractivity contribution in [1.82, 2.24) is 10.3 Å². The third kappa shape index (κ3) is 2.89. The molecule has 1 fully saturated rings. The van der Waals surface area contributed by atoms with Gasteiger partial charge in [-0.05, 0) is 24.6 Å². The highest BCUT2D eigenvalue weighted by Gasteiger charge is 2.19. The van der Waals surface area contributed by atoms with E-state index in [0.717, 1.165) is 34.9 Å². The fourth-order valence-corrected chi connectivity index (χ4v) is 3.38. The molecule has 0 aliphatic carbocycles. The van der Waals surface area contributed by atoms with Crippen LogP contribution in [0.2, 0.25) is 0 Å². The molecule has 0 amide bonds. The number of hydrogen-bond acceptors (Lipinski definition) is 4. The van der Waals surface area contributed by atoms with Crippen LogP contribution in [-0.2, 0) is 4.74 Å². The lowest BCUT2D eigenvalue weighted by Gasteiger charge is -2.21. The van der Waals surface area contributed by atoms with E-state index in [0.29, 0.717) is 0 Å². The maximum atomic E-state index is 5.74. The number of rotatable bonds is 2. The number of nitrogens with one attached hydrogen (secondary N) is 1. The molecule has 3 nitrogen and oxygen atoms in total. The van der Waals surface area contributed by atoms with Crippen molar-refractivity contribution in [3.63, 3.8) is 0 Å². The monoisotopic (exact) mass is 338 g/mol. The average molecular weight is 339 g/mol. The van der Waals surface area contributed by atoms with Crippen LogP contribution in [0.25, 0.3) is 11.3 Å². The van der Waals surface area contributed by atoms with Gasteiger partial charge in [0.1, 0.15) is 11.1 Å². The second kappa shape index (κ2) is 5.71. The van der Waals surface area contributed by atoms with Crippen molar-refractivity contribution in [1.29, 1.82) is 0 Å². The lowest BCUT2D eigenvalue weighted by Crippen LogP contribution is -2.33. The molecule has 3 rings (SSSR count). The third-order valence-corrected chi connectivity index (χ3v) is 4.63. The van der Waals surface area contributed by atoms with Crippen molar-refractivity contribution >= 4 is 27.3 Å². The topological polar surface area (TPSA) is 34.1 Å². The van der Waals surface area contributed by atoms with Crippen LogP contribution in [0.15, 0.2) is 28.1 Å². The molecule has 1 unspecified atom stereocenters. The zero-order valence-electron chi connectivity index (χ0n) is 10.6. The summed E-state index contributed by atoms with van der Waals surface area (Å²) in [5, 5.41) is 6.51. The Morgan fingerprint density at radius 2 is 2.37 bits per heavy atom. The highest BCUT2D eigenvalue weighted by atomic mass is 79.9. The van der Waals surface area contributed by atoms with Crippen molar-refractivity contribution in [3.05, 3.63) is 38.6 Å². The summed E-state index contributed by atoms with van der Waals surface area (Å²) in [4.78, 5) is 4.74. The van der Waals surface area contributed by atoms with E-state index in [1.165, 1.54) is 11.1 Å². The maximum Gasteiger partial charge on any atom is 0.124 e. The molecular weight excluding hydrogens is 324 g/mol. The summed E-state index contributed by atoms with van der Waals surface area (Å²) in [5.41, 5.74) is 3.45. The number of aromatic nitrogens is 1. The molecule has 0 spiro atoms. The second-order valence-electron chi connectivity index (χ2n) is 4.59. The smallest absolute Gasteiger partial charge is 0.124 e. The molecular formula is C14H15BrN2OS. The highest BCUT2D eigenvalue weighted by Crippen LogP contribution is 2.31. The van der Waals surface area contributed by atoms with Gasteiger partial charge in [-0.15, -0.1) is 11.3 Å². The van der Waals surface area contributed by atoms with Crippen molar-refractivity contribution in [2.75, 3.05) is 19.7 Å². The Morgan fingerprint density at radius 1 is 1.47 bits per heavy atom. The van der Waals surface area contributed by atoms with Crippen LogP contribution in [-0.4, -0.2) is 24.7 Å². The van der Waals surface area contributed by atoms with Gasteiger partial charge in [0.2, 0.25) is 0 Å². The number of benzene rings is 1. The van der Waals surface area contributed by atoms with Gasteiger partial charge in [0, 0.05) is 28.5 Å². The number of thiazole rings is 1. The first-order valence-corrected chi connectivity index (χ1v) is 7.95. The van der Waals surface area contributed by atoms with Crippen LogP contribution in [0.1, 0.15) is 16.7 Å². The van der Waals surface area contributed by atoms with E-state index in [1.807, 2.05) is 0 Å². The van der Waals surface area contributed by atoms with Gasteiger partial charge in [-0.3, -0.25) is 0 Å². The number of ether oxygens (including phenoxy) is 1.